The van der Waals surface area contributed by atoms with Gasteiger partial charge in [-0.3, -0.25) is 0 Å². The second-order valence-electron chi connectivity index (χ2n) is 4.27. The molecule has 0 radical (unpaired) electrons. The van der Waals surface area contributed by atoms with Crippen molar-refractivity contribution in [3.63, 3.8) is 0 Å². The highest BCUT2D eigenvalue weighted by molar-refractivity contribution is 6.33. The minimum absolute atomic E-state index is 0.0391. The van der Waals surface area contributed by atoms with E-state index in [0.29, 0.717) is 13.0 Å². The van der Waals surface area contributed by atoms with Crippen molar-refractivity contribution in [2.75, 3.05) is 19.0 Å². The van der Waals surface area contributed by atoms with Gasteiger partial charge < -0.3 is 10.1 Å². The summed E-state index contributed by atoms with van der Waals surface area (Å²) < 4.78 is 31.5. The molecule has 20 heavy (non-hydrogen) atoms. The fraction of sp³-hybridized carbons (Fsp3) is 0.200. The van der Waals surface area contributed by atoms with E-state index in [9.17, 15) is 8.78 Å². The molecule has 106 valence electrons. The highest BCUT2D eigenvalue weighted by atomic mass is 35.5. The summed E-state index contributed by atoms with van der Waals surface area (Å²) in [5.74, 6) is -0.590. The van der Waals surface area contributed by atoms with Gasteiger partial charge in [-0.25, -0.2) is 8.78 Å². The minimum atomic E-state index is -0.690. The van der Waals surface area contributed by atoms with E-state index >= 15 is 0 Å². The Labute approximate surface area is 121 Å². The molecule has 0 saturated heterocycles. The molecule has 0 amide bonds. The molecule has 1 N–H and O–H groups in total. The molecule has 0 atom stereocenters. The second-order valence-corrected chi connectivity index (χ2v) is 4.68. The maximum absolute atomic E-state index is 13.5. The van der Waals surface area contributed by atoms with Gasteiger partial charge in [-0.2, -0.15) is 0 Å². The zero-order valence-electron chi connectivity index (χ0n) is 10.9. The normalized spacial score (nSPS) is 10.4. The molecular weight excluding hydrogens is 284 g/mol. The Balaban J connectivity index is 1.95. The zero-order chi connectivity index (χ0) is 14.5. The monoisotopic (exact) mass is 297 g/mol. The summed E-state index contributed by atoms with van der Waals surface area (Å²) in [4.78, 5) is 0. The van der Waals surface area contributed by atoms with Crippen LogP contribution in [0, 0.1) is 11.6 Å². The topological polar surface area (TPSA) is 21.3 Å². The molecule has 0 saturated carbocycles. The van der Waals surface area contributed by atoms with Gasteiger partial charge in [0, 0.05) is 12.6 Å². The Morgan fingerprint density at radius 1 is 1.15 bits per heavy atom. The maximum Gasteiger partial charge on any atom is 0.150 e. The fourth-order valence-corrected chi connectivity index (χ4v) is 2.10. The molecule has 2 aromatic rings. The van der Waals surface area contributed by atoms with Crippen LogP contribution in [0.1, 0.15) is 5.56 Å². The van der Waals surface area contributed by atoms with Crippen LogP contribution in [0.25, 0.3) is 0 Å². The van der Waals surface area contributed by atoms with E-state index in [1.165, 1.54) is 0 Å². The first-order chi connectivity index (χ1) is 9.60. The summed E-state index contributed by atoms with van der Waals surface area (Å²) in [5, 5.41) is 2.92. The average Bonchev–Trinajstić information content (AvgIpc) is 2.42. The van der Waals surface area contributed by atoms with Crippen molar-refractivity contribution in [2.24, 2.45) is 0 Å². The van der Waals surface area contributed by atoms with Gasteiger partial charge in [0.1, 0.15) is 11.6 Å². The van der Waals surface area contributed by atoms with Crippen molar-refractivity contribution >= 4 is 17.3 Å². The van der Waals surface area contributed by atoms with Crippen LogP contribution in [0.2, 0.25) is 5.02 Å². The molecule has 0 unspecified atom stereocenters. The standard InChI is InChI=1S/C15H14ClF2NO/c1-20-12-4-2-10(3-5-12)6-7-19-15-13(16)8-11(17)9-14(15)18/h2-5,8-9,19H,6-7H2,1H3. The van der Waals surface area contributed by atoms with E-state index in [-0.39, 0.29) is 10.7 Å². The lowest BCUT2D eigenvalue weighted by Gasteiger charge is -2.10. The summed E-state index contributed by atoms with van der Waals surface area (Å²) in [6.07, 6.45) is 0.692. The molecule has 0 fully saturated rings. The van der Waals surface area contributed by atoms with Gasteiger partial charge in [0.05, 0.1) is 17.8 Å². The van der Waals surface area contributed by atoms with Crippen LogP contribution in [-0.4, -0.2) is 13.7 Å². The van der Waals surface area contributed by atoms with E-state index in [1.54, 1.807) is 7.11 Å². The molecule has 0 aliphatic carbocycles. The molecule has 2 nitrogen and oxygen atoms in total. The van der Waals surface area contributed by atoms with Crippen LogP contribution in [0.5, 0.6) is 5.75 Å². The van der Waals surface area contributed by atoms with Gasteiger partial charge in [0.15, 0.2) is 5.82 Å². The fourth-order valence-electron chi connectivity index (χ4n) is 1.84. The summed E-state index contributed by atoms with van der Waals surface area (Å²) >= 11 is 5.80. The van der Waals surface area contributed by atoms with Gasteiger partial charge >= 0.3 is 0 Å². The Kier molecular flexibility index (Phi) is 4.79. The van der Waals surface area contributed by atoms with E-state index in [4.69, 9.17) is 16.3 Å². The molecule has 2 aromatic carbocycles. The van der Waals surface area contributed by atoms with Crippen LogP contribution < -0.4 is 10.1 Å². The van der Waals surface area contributed by atoms with Crippen molar-refractivity contribution < 1.29 is 13.5 Å². The lowest BCUT2D eigenvalue weighted by atomic mass is 10.1. The maximum atomic E-state index is 13.5. The Hall–Kier alpha value is -1.81. The zero-order valence-corrected chi connectivity index (χ0v) is 11.7. The van der Waals surface area contributed by atoms with E-state index in [2.05, 4.69) is 5.32 Å². The third kappa shape index (κ3) is 3.61. The third-order valence-electron chi connectivity index (χ3n) is 2.88. The number of halogens is 3. The first-order valence-electron chi connectivity index (χ1n) is 6.11. The number of nitrogens with one attached hydrogen (secondary N) is 1. The molecule has 2 rings (SSSR count). The van der Waals surface area contributed by atoms with Gasteiger partial charge in [0.2, 0.25) is 0 Å². The van der Waals surface area contributed by atoms with E-state index in [0.717, 1.165) is 23.4 Å². The molecule has 0 aromatic heterocycles. The summed E-state index contributed by atoms with van der Waals surface area (Å²) in [6.45, 7) is 0.495. The largest absolute Gasteiger partial charge is 0.497 e. The molecule has 5 heteroatoms. The molecule has 0 spiro atoms. The van der Waals surface area contributed by atoms with E-state index in [1.807, 2.05) is 24.3 Å². The molecule has 0 aliphatic rings. The Morgan fingerprint density at radius 3 is 2.45 bits per heavy atom. The van der Waals surface area contributed by atoms with Crippen LogP contribution in [-0.2, 0) is 6.42 Å². The van der Waals surface area contributed by atoms with Gasteiger partial charge in [-0.1, -0.05) is 23.7 Å². The van der Waals surface area contributed by atoms with Gasteiger partial charge in [-0.15, -0.1) is 0 Å². The van der Waals surface area contributed by atoms with Crippen LogP contribution in [0.3, 0.4) is 0 Å². The summed E-state index contributed by atoms with van der Waals surface area (Å²) in [5.41, 5.74) is 1.21. The number of rotatable bonds is 5. The van der Waals surface area contributed by atoms with Gasteiger partial charge in [0.25, 0.3) is 0 Å². The smallest absolute Gasteiger partial charge is 0.150 e. The van der Waals surface area contributed by atoms with Crippen molar-refractivity contribution in [3.05, 3.63) is 58.6 Å². The third-order valence-corrected chi connectivity index (χ3v) is 3.18. The highest BCUT2D eigenvalue weighted by Gasteiger charge is 2.09. The number of hydrogen-bond donors (Lipinski definition) is 1. The predicted octanol–water partition coefficient (Wildman–Crippen LogP) is 4.28. The minimum Gasteiger partial charge on any atom is -0.497 e. The molecule has 0 bridgehead atoms. The van der Waals surface area contributed by atoms with Crippen molar-refractivity contribution in [1.29, 1.82) is 0 Å². The first-order valence-corrected chi connectivity index (χ1v) is 6.49. The van der Waals surface area contributed by atoms with Crippen molar-refractivity contribution in [3.8, 4) is 5.75 Å². The number of ether oxygens (including phenoxy) is 1. The first kappa shape index (κ1) is 14.6. The number of methoxy groups -OCH3 is 1. The molecule has 0 aliphatic heterocycles. The summed E-state index contributed by atoms with van der Waals surface area (Å²) in [7, 11) is 1.61. The number of anilines is 1. The molecule has 0 heterocycles. The molecular formula is C15H14ClF2NO. The second kappa shape index (κ2) is 6.57. The average molecular weight is 298 g/mol. The quantitative estimate of drug-likeness (QED) is 0.889. The van der Waals surface area contributed by atoms with Gasteiger partial charge in [-0.05, 0) is 30.2 Å². The van der Waals surface area contributed by atoms with Crippen LogP contribution in [0.15, 0.2) is 36.4 Å². The van der Waals surface area contributed by atoms with Crippen LogP contribution >= 0.6 is 11.6 Å². The van der Waals surface area contributed by atoms with E-state index < -0.39 is 11.6 Å². The lowest BCUT2D eigenvalue weighted by Crippen LogP contribution is -2.07. The highest BCUT2D eigenvalue weighted by Crippen LogP contribution is 2.26. The van der Waals surface area contributed by atoms with Crippen molar-refractivity contribution in [2.45, 2.75) is 6.42 Å². The Bertz CT molecular complexity index is 564. The predicted molar refractivity (Wildman–Crippen MR) is 76.6 cm³/mol. The van der Waals surface area contributed by atoms with Crippen LogP contribution in [0.4, 0.5) is 14.5 Å². The number of hydrogen-bond acceptors (Lipinski definition) is 2. The SMILES string of the molecule is COc1ccc(CCNc2c(F)cc(F)cc2Cl)cc1. The lowest BCUT2D eigenvalue weighted by molar-refractivity contribution is 0.414. The Morgan fingerprint density at radius 2 is 1.85 bits per heavy atom. The van der Waals surface area contributed by atoms with Crippen molar-refractivity contribution in [1.82, 2.24) is 0 Å². The number of benzene rings is 2. The summed E-state index contributed by atoms with van der Waals surface area (Å²) in [6, 6.07) is 9.48.